The number of nitrogens with zero attached hydrogens (tertiary/aromatic N) is 1. The van der Waals surface area contributed by atoms with Gasteiger partial charge in [0.1, 0.15) is 17.6 Å². The molecule has 1 saturated carbocycles. The maximum absolute atomic E-state index is 6.27. The van der Waals surface area contributed by atoms with Crippen molar-refractivity contribution in [1.82, 2.24) is 4.90 Å². The molecule has 0 N–H and O–H groups in total. The molecule has 2 fully saturated rings. The molecule has 164 valence electrons. The van der Waals surface area contributed by atoms with Gasteiger partial charge in [-0.15, -0.1) is 0 Å². The normalized spacial score (nSPS) is 18.4. The molecule has 0 bridgehead atoms. The first-order valence-corrected chi connectivity index (χ1v) is 12.4. The lowest BCUT2D eigenvalue weighted by Crippen LogP contribution is -2.44. The molecule has 4 heteroatoms. The second-order valence-corrected chi connectivity index (χ2v) is 9.04. The van der Waals surface area contributed by atoms with Crippen LogP contribution >= 0.6 is 11.8 Å². The molecule has 1 aliphatic heterocycles. The van der Waals surface area contributed by atoms with E-state index in [1.807, 2.05) is 26.0 Å². The summed E-state index contributed by atoms with van der Waals surface area (Å²) in [6.45, 7) is 6.39. The highest BCUT2D eigenvalue weighted by atomic mass is 32.2. The summed E-state index contributed by atoms with van der Waals surface area (Å²) >= 11 is 1.76. The molecule has 0 spiro atoms. The van der Waals surface area contributed by atoms with Gasteiger partial charge in [0.05, 0.1) is 7.11 Å². The molecule has 0 atom stereocenters. The smallest absolute Gasteiger partial charge is 0.119 e. The Kier molecular flexibility index (Phi) is 9.41. The minimum atomic E-state index is 0.361. The van der Waals surface area contributed by atoms with Crippen LogP contribution in [0.4, 0.5) is 0 Å². The van der Waals surface area contributed by atoms with Crippen molar-refractivity contribution >= 4 is 11.8 Å². The van der Waals surface area contributed by atoms with Crippen molar-refractivity contribution in [2.45, 2.75) is 80.7 Å². The van der Waals surface area contributed by atoms with Gasteiger partial charge in [0.2, 0.25) is 0 Å². The van der Waals surface area contributed by atoms with Gasteiger partial charge in [-0.1, -0.05) is 44.9 Å². The van der Waals surface area contributed by atoms with Gasteiger partial charge in [-0.25, -0.2) is 0 Å². The molecular weight excluding hydrogens is 390 g/mol. The fourth-order valence-electron chi connectivity index (χ4n) is 4.36. The third-order valence-electron chi connectivity index (χ3n) is 5.99. The van der Waals surface area contributed by atoms with Crippen molar-refractivity contribution in [1.29, 1.82) is 0 Å². The minimum Gasteiger partial charge on any atom is -0.497 e. The van der Waals surface area contributed by atoms with Crippen LogP contribution in [0.15, 0.2) is 58.3 Å². The Morgan fingerprint density at radius 3 is 1.80 bits per heavy atom. The van der Waals surface area contributed by atoms with Crippen molar-refractivity contribution < 1.29 is 9.47 Å². The van der Waals surface area contributed by atoms with E-state index in [2.05, 4.69) is 41.3 Å². The second-order valence-electron chi connectivity index (χ2n) is 7.89. The van der Waals surface area contributed by atoms with Crippen LogP contribution in [-0.2, 0) is 0 Å². The summed E-state index contributed by atoms with van der Waals surface area (Å²) in [5.41, 5.74) is 0. The number of methoxy groups -OCH3 is 1. The maximum atomic E-state index is 6.27. The SMILES string of the molecule is CC.COc1ccc(Sc2ccc(OC3CCN(C4CCCCC4)CC3)cc2)cc1. The van der Waals surface area contributed by atoms with E-state index in [0.717, 1.165) is 30.4 Å². The molecule has 1 saturated heterocycles. The molecule has 4 rings (SSSR count). The third-order valence-corrected chi connectivity index (χ3v) is 7.01. The molecule has 0 unspecified atom stereocenters. The summed E-state index contributed by atoms with van der Waals surface area (Å²) in [6.07, 6.45) is 9.74. The summed E-state index contributed by atoms with van der Waals surface area (Å²) < 4.78 is 11.5. The standard InChI is InChI=1S/C24H31NO2S.C2H6/c1-26-20-7-11-23(12-8-20)28-24-13-9-21(10-14-24)27-22-15-17-25(18-16-22)19-5-3-2-4-6-19;1-2/h7-14,19,22H,2-6,15-18H2,1H3;1-2H3. The Labute approximate surface area is 187 Å². The molecule has 3 nitrogen and oxygen atoms in total. The van der Waals surface area contributed by atoms with E-state index in [0.29, 0.717) is 6.10 Å². The van der Waals surface area contributed by atoms with Gasteiger partial charge in [0, 0.05) is 28.9 Å². The molecule has 0 amide bonds. The van der Waals surface area contributed by atoms with Crippen LogP contribution in [0, 0.1) is 0 Å². The largest absolute Gasteiger partial charge is 0.497 e. The van der Waals surface area contributed by atoms with Gasteiger partial charge in [0.15, 0.2) is 0 Å². The Morgan fingerprint density at radius 2 is 1.27 bits per heavy atom. The molecule has 1 heterocycles. The van der Waals surface area contributed by atoms with Gasteiger partial charge < -0.3 is 14.4 Å². The lowest BCUT2D eigenvalue weighted by atomic mass is 9.92. The van der Waals surface area contributed by atoms with Crippen molar-refractivity contribution in [3.05, 3.63) is 48.5 Å². The van der Waals surface area contributed by atoms with Crippen LogP contribution in [0.1, 0.15) is 58.8 Å². The van der Waals surface area contributed by atoms with E-state index in [4.69, 9.17) is 9.47 Å². The van der Waals surface area contributed by atoms with E-state index in [1.54, 1.807) is 18.9 Å². The predicted octanol–water partition coefficient (Wildman–Crippen LogP) is 7.05. The molecule has 0 radical (unpaired) electrons. The van der Waals surface area contributed by atoms with Crippen LogP contribution in [0.3, 0.4) is 0 Å². The summed E-state index contributed by atoms with van der Waals surface area (Å²) in [7, 11) is 1.70. The van der Waals surface area contributed by atoms with Crippen LogP contribution in [0.25, 0.3) is 0 Å². The molecule has 2 aromatic rings. The van der Waals surface area contributed by atoms with E-state index in [-0.39, 0.29) is 0 Å². The molecule has 0 aromatic heterocycles. The number of rotatable bonds is 6. The van der Waals surface area contributed by atoms with Crippen LogP contribution in [0.2, 0.25) is 0 Å². The van der Waals surface area contributed by atoms with Crippen LogP contribution < -0.4 is 9.47 Å². The molecular formula is C26H37NO2S. The average molecular weight is 428 g/mol. The van der Waals surface area contributed by atoms with E-state index >= 15 is 0 Å². The van der Waals surface area contributed by atoms with Crippen molar-refractivity contribution in [2.75, 3.05) is 20.2 Å². The first-order valence-electron chi connectivity index (χ1n) is 11.6. The first kappa shape index (κ1) is 23.0. The highest BCUT2D eigenvalue weighted by molar-refractivity contribution is 7.99. The van der Waals surface area contributed by atoms with Gasteiger partial charge in [-0.3, -0.25) is 0 Å². The zero-order valence-corrected chi connectivity index (χ0v) is 19.6. The highest BCUT2D eigenvalue weighted by Crippen LogP contribution is 2.31. The number of likely N-dealkylation sites (tertiary alicyclic amines) is 1. The topological polar surface area (TPSA) is 21.7 Å². The summed E-state index contributed by atoms with van der Waals surface area (Å²) in [6, 6.07) is 17.5. The Bertz CT molecular complexity index is 718. The zero-order valence-electron chi connectivity index (χ0n) is 18.8. The maximum Gasteiger partial charge on any atom is 0.119 e. The Morgan fingerprint density at radius 1 is 0.733 bits per heavy atom. The van der Waals surface area contributed by atoms with Gasteiger partial charge in [0.25, 0.3) is 0 Å². The van der Waals surface area contributed by atoms with E-state index in [1.165, 1.54) is 55.0 Å². The molecule has 2 aromatic carbocycles. The zero-order chi connectivity index (χ0) is 21.2. The predicted molar refractivity (Wildman–Crippen MR) is 127 cm³/mol. The van der Waals surface area contributed by atoms with Crippen LogP contribution in [0.5, 0.6) is 11.5 Å². The minimum absolute atomic E-state index is 0.361. The Balaban J connectivity index is 0.00000124. The first-order chi connectivity index (χ1) is 14.8. The number of hydrogen-bond acceptors (Lipinski definition) is 4. The number of benzene rings is 2. The van der Waals surface area contributed by atoms with Crippen LogP contribution in [-0.4, -0.2) is 37.2 Å². The molecule has 2 aliphatic rings. The summed E-state index contributed by atoms with van der Waals surface area (Å²) in [5, 5.41) is 0. The van der Waals surface area contributed by atoms with Gasteiger partial charge >= 0.3 is 0 Å². The summed E-state index contributed by atoms with van der Waals surface area (Å²) in [5.74, 6) is 1.89. The number of ether oxygens (including phenoxy) is 2. The van der Waals surface area contributed by atoms with Crippen molar-refractivity contribution in [3.8, 4) is 11.5 Å². The highest BCUT2D eigenvalue weighted by Gasteiger charge is 2.26. The number of hydrogen-bond donors (Lipinski definition) is 0. The molecule has 30 heavy (non-hydrogen) atoms. The molecule has 1 aliphatic carbocycles. The summed E-state index contributed by atoms with van der Waals surface area (Å²) in [4.78, 5) is 5.15. The monoisotopic (exact) mass is 427 g/mol. The fraction of sp³-hybridized carbons (Fsp3) is 0.538. The van der Waals surface area contributed by atoms with E-state index in [9.17, 15) is 0 Å². The fourth-order valence-corrected chi connectivity index (χ4v) is 5.18. The van der Waals surface area contributed by atoms with Gasteiger partial charge in [-0.05, 0) is 74.2 Å². The number of piperidine rings is 1. The van der Waals surface area contributed by atoms with Gasteiger partial charge in [-0.2, -0.15) is 0 Å². The lowest BCUT2D eigenvalue weighted by molar-refractivity contribution is 0.0630. The second kappa shape index (κ2) is 12.3. The average Bonchev–Trinajstić information content (AvgIpc) is 2.83. The Hall–Kier alpha value is -1.65. The van der Waals surface area contributed by atoms with Crippen molar-refractivity contribution in [2.24, 2.45) is 0 Å². The lowest BCUT2D eigenvalue weighted by Gasteiger charge is -2.39. The quantitative estimate of drug-likeness (QED) is 0.492. The third kappa shape index (κ3) is 6.68. The van der Waals surface area contributed by atoms with E-state index < -0.39 is 0 Å². The van der Waals surface area contributed by atoms with Crippen molar-refractivity contribution in [3.63, 3.8) is 0 Å².